The van der Waals surface area contributed by atoms with Crippen molar-refractivity contribution in [2.24, 2.45) is 0 Å². The molecule has 0 bridgehead atoms. The fourth-order valence-corrected chi connectivity index (χ4v) is 1.82. The Morgan fingerprint density at radius 3 is 2.43 bits per heavy atom. The number of hydrogen-bond acceptors (Lipinski definition) is 2. The summed E-state index contributed by atoms with van der Waals surface area (Å²) >= 11 is 1.75. The standard InChI is InChI=1S/C12H19NS/c1-9(2)11-7-6-10(3)12(8-11)13(4)14-5/h6-9H,1-5H3. The summed E-state index contributed by atoms with van der Waals surface area (Å²) in [6.45, 7) is 6.62. The third-order valence-corrected chi connectivity index (χ3v) is 3.26. The van der Waals surface area contributed by atoms with Crippen molar-refractivity contribution in [3.05, 3.63) is 29.3 Å². The summed E-state index contributed by atoms with van der Waals surface area (Å²) in [5.41, 5.74) is 4.07. The molecule has 0 N–H and O–H groups in total. The van der Waals surface area contributed by atoms with Gasteiger partial charge in [-0.05, 0) is 30.0 Å². The molecule has 0 fully saturated rings. The zero-order chi connectivity index (χ0) is 10.7. The summed E-state index contributed by atoms with van der Waals surface area (Å²) in [5.74, 6) is 0.601. The smallest absolute Gasteiger partial charge is 0.0498 e. The van der Waals surface area contributed by atoms with Gasteiger partial charge in [-0.3, -0.25) is 0 Å². The van der Waals surface area contributed by atoms with Crippen LogP contribution in [0.2, 0.25) is 0 Å². The minimum absolute atomic E-state index is 0.601. The third kappa shape index (κ3) is 2.44. The van der Waals surface area contributed by atoms with Crippen LogP contribution < -0.4 is 4.31 Å². The third-order valence-electron chi connectivity index (χ3n) is 2.51. The van der Waals surface area contributed by atoms with Crippen LogP contribution in [0.5, 0.6) is 0 Å². The SMILES string of the molecule is CSN(C)c1cc(C(C)C)ccc1C. The summed E-state index contributed by atoms with van der Waals surface area (Å²) in [7, 11) is 2.11. The lowest BCUT2D eigenvalue weighted by atomic mass is 10.0. The maximum atomic E-state index is 2.29. The van der Waals surface area contributed by atoms with Crippen LogP contribution >= 0.6 is 11.9 Å². The molecule has 0 radical (unpaired) electrons. The van der Waals surface area contributed by atoms with Gasteiger partial charge in [0.25, 0.3) is 0 Å². The number of aryl methyl sites for hydroxylation is 1. The van der Waals surface area contributed by atoms with E-state index in [0.29, 0.717) is 5.92 Å². The Balaban J connectivity index is 3.08. The van der Waals surface area contributed by atoms with Crippen molar-refractivity contribution >= 4 is 17.6 Å². The van der Waals surface area contributed by atoms with E-state index in [0.717, 1.165) is 0 Å². The topological polar surface area (TPSA) is 3.24 Å². The lowest BCUT2D eigenvalue weighted by Crippen LogP contribution is -2.07. The number of anilines is 1. The summed E-state index contributed by atoms with van der Waals surface area (Å²) in [6, 6.07) is 6.71. The fraction of sp³-hybridized carbons (Fsp3) is 0.500. The molecule has 1 aromatic rings. The van der Waals surface area contributed by atoms with Crippen LogP contribution in [-0.2, 0) is 0 Å². The Labute approximate surface area is 91.6 Å². The van der Waals surface area contributed by atoms with Crippen molar-refractivity contribution < 1.29 is 0 Å². The molecule has 14 heavy (non-hydrogen) atoms. The van der Waals surface area contributed by atoms with Crippen LogP contribution in [0, 0.1) is 6.92 Å². The van der Waals surface area contributed by atoms with Gasteiger partial charge in [-0.2, -0.15) is 0 Å². The van der Waals surface area contributed by atoms with Gasteiger partial charge < -0.3 is 4.31 Å². The molecule has 0 atom stereocenters. The van der Waals surface area contributed by atoms with E-state index in [9.17, 15) is 0 Å². The highest BCUT2D eigenvalue weighted by molar-refractivity contribution is 7.99. The molecule has 1 nitrogen and oxygen atoms in total. The van der Waals surface area contributed by atoms with Gasteiger partial charge in [0.15, 0.2) is 0 Å². The second kappa shape index (κ2) is 4.74. The first-order chi connectivity index (χ1) is 6.56. The molecule has 1 aromatic carbocycles. The predicted octanol–water partition coefficient (Wildman–Crippen LogP) is 3.83. The van der Waals surface area contributed by atoms with Crippen LogP contribution in [-0.4, -0.2) is 13.3 Å². The largest absolute Gasteiger partial charge is 0.319 e. The van der Waals surface area contributed by atoms with E-state index >= 15 is 0 Å². The zero-order valence-corrected chi connectivity index (χ0v) is 10.5. The molecule has 0 aliphatic heterocycles. The molecule has 0 saturated carbocycles. The Kier molecular flexibility index (Phi) is 3.87. The number of rotatable bonds is 3. The molecular formula is C12H19NS. The zero-order valence-electron chi connectivity index (χ0n) is 9.66. The van der Waals surface area contributed by atoms with Gasteiger partial charge >= 0.3 is 0 Å². The molecule has 0 unspecified atom stereocenters. The first-order valence-electron chi connectivity index (χ1n) is 4.94. The van der Waals surface area contributed by atoms with Crippen molar-refractivity contribution in [1.29, 1.82) is 0 Å². The van der Waals surface area contributed by atoms with E-state index in [1.165, 1.54) is 16.8 Å². The minimum atomic E-state index is 0.601. The molecule has 1 rings (SSSR count). The van der Waals surface area contributed by atoms with Gasteiger partial charge in [0.2, 0.25) is 0 Å². The van der Waals surface area contributed by atoms with Crippen molar-refractivity contribution in [3.8, 4) is 0 Å². The molecule has 78 valence electrons. The first-order valence-corrected chi connectivity index (χ1v) is 6.12. The summed E-state index contributed by atoms with van der Waals surface area (Å²) in [4.78, 5) is 0. The number of hydrogen-bond donors (Lipinski definition) is 0. The molecular weight excluding hydrogens is 190 g/mol. The van der Waals surface area contributed by atoms with Crippen molar-refractivity contribution in [2.75, 3.05) is 17.6 Å². The van der Waals surface area contributed by atoms with E-state index < -0.39 is 0 Å². The number of benzene rings is 1. The van der Waals surface area contributed by atoms with E-state index in [-0.39, 0.29) is 0 Å². The van der Waals surface area contributed by atoms with Crippen LogP contribution in [0.4, 0.5) is 5.69 Å². The maximum absolute atomic E-state index is 2.29. The second-order valence-electron chi connectivity index (χ2n) is 3.88. The maximum Gasteiger partial charge on any atom is 0.0498 e. The Bertz CT molecular complexity index is 307. The lowest BCUT2D eigenvalue weighted by Gasteiger charge is -2.19. The molecule has 0 amide bonds. The van der Waals surface area contributed by atoms with Crippen LogP contribution in [0.3, 0.4) is 0 Å². The monoisotopic (exact) mass is 209 g/mol. The highest BCUT2D eigenvalue weighted by Crippen LogP contribution is 2.27. The Morgan fingerprint density at radius 2 is 1.93 bits per heavy atom. The van der Waals surface area contributed by atoms with Crippen molar-refractivity contribution in [1.82, 2.24) is 0 Å². The molecule has 0 aliphatic rings. The molecule has 0 aliphatic carbocycles. The van der Waals surface area contributed by atoms with Crippen LogP contribution in [0.1, 0.15) is 30.9 Å². The summed E-state index contributed by atoms with van der Waals surface area (Å²) in [6.07, 6.45) is 2.10. The molecule has 0 saturated heterocycles. The second-order valence-corrected chi connectivity index (χ2v) is 4.79. The highest BCUT2D eigenvalue weighted by atomic mass is 32.2. The summed E-state index contributed by atoms with van der Waals surface area (Å²) < 4.78 is 2.21. The Hall–Kier alpha value is -0.630. The lowest BCUT2D eigenvalue weighted by molar-refractivity contribution is 0.866. The van der Waals surface area contributed by atoms with E-state index in [1.807, 2.05) is 0 Å². The molecule has 0 aromatic heterocycles. The van der Waals surface area contributed by atoms with Gasteiger partial charge in [0.1, 0.15) is 0 Å². The molecule has 0 spiro atoms. The first kappa shape index (κ1) is 11.4. The minimum Gasteiger partial charge on any atom is -0.319 e. The van der Waals surface area contributed by atoms with Crippen LogP contribution in [0.15, 0.2) is 18.2 Å². The average Bonchev–Trinajstić information content (AvgIpc) is 2.17. The van der Waals surface area contributed by atoms with Gasteiger partial charge in [-0.15, -0.1) is 0 Å². The van der Waals surface area contributed by atoms with Gasteiger partial charge in [-0.25, -0.2) is 0 Å². The predicted molar refractivity (Wildman–Crippen MR) is 67.2 cm³/mol. The van der Waals surface area contributed by atoms with Crippen LogP contribution in [0.25, 0.3) is 0 Å². The summed E-state index contributed by atoms with van der Waals surface area (Å²) in [5, 5.41) is 0. The quantitative estimate of drug-likeness (QED) is 0.696. The van der Waals surface area contributed by atoms with E-state index in [1.54, 1.807) is 11.9 Å². The normalized spacial score (nSPS) is 10.7. The van der Waals surface area contributed by atoms with Crippen molar-refractivity contribution in [2.45, 2.75) is 26.7 Å². The highest BCUT2D eigenvalue weighted by Gasteiger charge is 2.06. The fourth-order valence-electron chi connectivity index (χ4n) is 1.42. The van der Waals surface area contributed by atoms with E-state index in [2.05, 4.69) is 56.6 Å². The van der Waals surface area contributed by atoms with Gasteiger partial charge in [0.05, 0.1) is 0 Å². The Morgan fingerprint density at radius 1 is 1.29 bits per heavy atom. The van der Waals surface area contributed by atoms with Crippen molar-refractivity contribution in [3.63, 3.8) is 0 Å². The number of nitrogens with zero attached hydrogens (tertiary/aromatic N) is 1. The van der Waals surface area contributed by atoms with Gasteiger partial charge in [0, 0.05) is 19.0 Å². The molecule has 2 heteroatoms. The average molecular weight is 209 g/mol. The van der Waals surface area contributed by atoms with Gasteiger partial charge in [-0.1, -0.05) is 37.9 Å². The van der Waals surface area contributed by atoms with E-state index in [4.69, 9.17) is 0 Å². The molecule has 0 heterocycles.